The summed E-state index contributed by atoms with van der Waals surface area (Å²) in [6.45, 7) is 0. The zero-order valence-corrected chi connectivity index (χ0v) is 23.1. The van der Waals surface area contributed by atoms with Crippen molar-refractivity contribution in [3.63, 3.8) is 0 Å². The van der Waals surface area contributed by atoms with Crippen molar-refractivity contribution in [2.24, 2.45) is 5.10 Å². The van der Waals surface area contributed by atoms with Gasteiger partial charge in [0.15, 0.2) is 9.43 Å². The van der Waals surface area contributed by atoms with Crippen molar-refractivity contribution in [1.82, 2.24) is 10.4 Å². The van der Waals surface area contributed by atoms with Crippen molar-refractivity contribution in [2.75, 3.05) is 4.90 Å². The quantitative estimate of drug-likeness (QED) is 0.129. The summed E-state index contributed by atoms with van der Waals surface area (Å²) >= 11 is 2.72. The minimum absolute atomic E-state index is 0.114. The molecule has 0 bridgehead atoms. The largest absolute Gasteiger partial charge is 0.507 e. The summed E-state index contributed by atoms with van der Waals surface area (Å²) in [7, 11) is 0. The van der Waals surface area contributed by atoms with Crippen LogP contribution in [0, 0.1) is 0 Å². The molecule has 0 fully saturated rings. The number of nitrogens with zero attached hydrogens (tertiary/aromatic N) is 3. The highest BCUT2D eigenvalue weighted by Crippen LogP contribution is 2.37. The van der Waals surface area contributed by atoms with Crippen LogP contribution in [0.15, 0.2) is 110 Å². The monoisotopic (exact) mass is 590 g/mol. The molecule has 1 aliphatic heterocycles. The Labute approximate surface area is 246 Å². The van der Waals surface area contributed by atoms with E-state index in [0.29, 0.717) is 32.0 Å². The number of benzene rings is 4. The van der Waals surface area contributed by atoms with Crippen LogP contribution in [-0.2, 0) is 0 Å². The predicted molar refractivity (Wildman–Crippen MR) is 161 cm³/mol. The lowest BCUT2D eigenvalue weighted by Gasteiger charge is -2.13. The number of nitrogens with one attached hydrogen (secondary N) is 1. The molecule has 2 aromatic heterocycles. The molecule has 3 amide bonds. The van der Waals surface area contributed by atoms with E-state index in [1.165, 1.54) is 40.3 Å². The molecule has 2 N–H and O–H groups in total. The molecule has 0 aliphatic carbocycles. The summed E-state index contributed by atoms with van der Waals surface area (Å²) in [5.41, 5.74) is 4.54. The van der Waals surface area contributed by atoms with E-state index >= 15 is 0 Å². The van der Waals surface area contributed by atoms with E-state index in [1.54, 1.807) is 60.7 Å². The SMILES string of the molecule is O=C(N/N=C\c1ccc(Sc2nc3ccc(N4C(=O)c5ccccc5C4=O)cc3s2)o1)c1cc2ccccc2cc1O. The molecular formula is C31H18N4O5S2. The number of aromatic hydroxyl groups is 1. The number of hydrogen-bond donors (Lipinski definition) is 2. The van der Waals surface area contributed by atoms with Gasteiger partial charge in [0.1, 0.15) is 11.5 Å². The molecular weight excluding hydrogens is 572 g/mol. The van der Waals surface area contributed by atoms with Gasteiger partial charge in [-0.1, -0.05) is 36.4 Å². The normalized spacial score (nSPS) is 13.0. The molecule has 0 saturated carbocycles. The Morgan fingerprint density at radius 3 is 2.40 bits per heavy atom. The average molecular weight is 591 g/mol. The minimum Gasteiger partial charge on any atom is -0.507 e. The van der Waals surface area contributed by atoms with Crippen molar-refractivity contribution in [2.45, 2.75) is 9.43 Å². The fourth-order valence-corrected chi connectivity index (χ4v) is 6.67. The molecule has 7 rings (SSSR count). The number of anilines is 1. The molecule has 0 radical (unpaired) electrons. The van der Waals surface area contributed by atoms with Gasteiger partial charge < -0.3 is 9.52 Å². The van der Waals surface area contributed by atoms with E-state index in [2.05, 4.69) is 15.5 Å². The fraction of sp³-hybridized carbons (Fsp3) is 0. The average Bonchev–Trinajstić information content (AvgIpc) is 3.68. The number of fused-ring (bicyclic) bond motifs is 3. The first-order valence-corrected chi connectivity index (χ1v) is 14.3. The third kappa shape index (κ3) is 4.60. The van der Waals surface area contributed by atoms with Gasteiger partial charge in [-0.25, -0.2) is 15.3 Å². The van der Waals surface area contributed by atoms with Gasteiger partial charge in [0.05, 0.1) is 38.8 Å². The van der Waals surface area contributed by atoms with Gasteiger partial charge >= 0.3 is 0 Å². The molecule has 0 spiro atoms. The Morgan fingerprint density at radius 2 is 1.64 bits per heavy atom. The first-order valence-electron chi connectivity index (χ1n) is 12.7. The Hall–Kier alpha value is -5.26. The highest BCUT2D eigenvalue weighted by Gasteiger charge is 2.36. The molecule has 3 heterocycles. The predicted octanol–water partition coefficient (Wildman–Crippen LogP) is 6.46. The topological polar surface area (TPSA) is 125 Å². The summed E-state index contributed by atoms with van der Waals surface area (Å²) in [6.07, 6.45) is 1.37. The number of phenols is 1. The van der Waals surface area contributed by atoms with Gasteiger partial charge in [-0.15, -0.1) is 11.3 Å². The first kappa shape index (κ1) is 25.7. The molecule has 11 heteroatoms. The molecule has 1 aliphatic rings. The van der Waals surface area contributed by atoms with Crippen LogP contribution >= 0.6 is 23.1 Å². The van der Waals surface area contributed by atoms with Crippen molar-refractivity contribution >= 4 is 73.7 Å². The number of imide groups is 1. The maximum absolute atomic E-state index is 12.9. The Morgan fingerprint density at radius 1 is 0.929 bits per heavy atom. The van der Waals surface area contributed by atoms with Crippen molar-refractivity contribution in [3.05, 3.63) is 113 Å². The lowest BCUT2D eigenvalue weighted by molar-refractivity contribution is 0.0922. The van der Waals surface area contributed by atoms with Crippen molar-refractivity contribution in [1.29, 1.82) is 0 Å². The summed E-state index contributed by atoms with van der Waals surface area (Å²) in [5.74, 6) is -0.960. The van der Waals surface area contributed by atoms with Gasteiger partial charge in [-0.2, -0.15) is 5.10 Å². The maximum Gasteiger partial charge on any atom is 0.275 e. The molecule has 42 heavy (non-hydrogen) atoms. The van der Waals surface area contributed by atoms with Crippen molar-refractivity contribution < 1.29 is 23.9 Å². The highest BCUT2D eigenvalue weighted by molar-refractivity contribution is 8.01. The zero-order chi connectivity index (χ0) is 28.8. The van der Waals surface area contributed by atoms with Crippen LogP contribution in [0.3, 0.4) is 0 Å². The molecule has 6 aromatic rings. The fourth-order valence-electron chi connectivity index (χ4n) is 4.67. The summed E-state index contributed by atoms with van der Waals surface area (Å²) in [4.78, 5) is 44.1. The number of phenolic OH excluding ortho intramolecular Hbond substituents is 1. The Kier molecular flexibility index (Phi) is 6.30. The second-order valence-corrected chi connectivity index (χ2v) is 11.6. The Bertz CT molecular complexity index is 2060. The standard InChI is InChI=1S/C31H18N4O5S2/c36-25-14-18-6-2-1-5-17(18)13-23(25)28(37)34-32-16-20-10-12-27(40-20)42-31-33-24-11-9-19(15-26(24)41-31)35-29(38)21-7-3-4-8-22(21)30(35)39/h1-16,36H,(H,34,37)/b32-16-. The Balaban J connectivity index is 1.03. The van der Waals surface area contributed by atoms with E-state index in [-0.39, 0.29) is 23.1 Å². The van der Waals surface area contributed by atoms with Crippen LogP contribution in [0.25, 0.3) is 21.0 Å². The van der Waals surface area contributed by atoms with E-state index in [9.17, 15) is 19.5 Å². The van der Waals surface area contributed by atoms with E-state index < -0.39 is 5.91 Å². The second kappa shape index (κ2) is 10.3. The lowest BCUT2D eigenvalue weighted by Crippen LogP contribution is -2.29. The van der Waals surface area contributed by atoms with Gasteiger partial charge in [-0.3, -0.25) is 14.4 Å². The van der Waals surface area contributed by atoms with Gasteiger partial charge in [0.2, 0.25) is 0 Å². The zero-order valence-electron chi connectivity index (χ0n) is 21.5. The van der Waals surface area contributed by atoms with Crippen LogP contribution in [0.1, 0.15) is 36.8 Å². The number of hydrogen-bond acceptors (Lipinski definition) is 9. The number of carbonyl (C=O) groups excluding carboxylic acids is 3. The molecule has 0 atom stereocenters. The number of hydrazone groups is 1. The number of furan rings is 1. The van der Waals surface area contributed by atoms with Gasteiger partial charge in [0, 0.05) is 0 Å². The van der Waals surface area contributed by atoms with Crippen LogP contribution in [0.4, 0.5) is 5.69 Å². The number of carbonyl (C=O) groups is 3. The first-order chi connectivity index (χ1) is 20.4. The molecule has 204 valence electrons. The third-order valence-corrected chi connectivity index (χ3v) is 8.66. The molecule has 0 unspecified atom stereocenters. The number of thiazole rings is 1. The molecule has 0 saturated heterocycles. The molecule has 4 aromatic carbocycles. The van der Waals surface area contributed by atoms with Crippen molar-refractivity contribution in [3.8, 4) is 5.75 Å². The van der Waals surface area contributed by atoms with E-state index in [4.69, 9.17) is 4.42 Å². The maximum atomic E-state index is 12.9. The number of aromatic nitrogens is 1. The third-order valence-electron chi connectivity index (χ3n) is 6.66. The number of rotatable bonds is 6. The second-order valence-electron chi connectivity index (χ2n) is 9.30. The minimum atomic E-state index is -0.550. The molecule has 9 nitrogen and oxygen atoms in total. The summed E-state index contributed by atoms with van der Waals surface area (Å²) in [5, 5.41) is 16.4. The van der Waals surface area contributed by atoms with Gasteiger partial charge in [-0.05, 0) is 77.1 Å². The summed E-state index contributed by atoms with van der Waals surface area (Å²) < 4.78 is 7.33. The lowest BCUT2D eigenvalue weighted by atomic mass is 10.1. The van der Waals surface area contributed by atoms with Gasteiger partial charge in [0.25, 0.3) is 17.7 Å². The summed E-state index contributed by atoms with van der Waals surface area (Å²) in [6, 6.07) is 26.1. The van der Waals surface area contributed by atoms with Crippen LogP contribution in [0.2, 0.25) is 0 Å². The van der Waals surface area contributed by atoms with Crippen LogP contribution < -0.4 is 10.3 Å². The number of amides is 3. The smallest absolute Gasteiger partial charge is 0.275 e. The van der Waals surface area contributed by atoms with Crippen LogP contribution in [-0.4, -0.2) is 34.0 Å². The van der Waals surface area contributed by atoms with E-state index in [1.807, 2.05) is 24.3 Å². The highest BCUT2D eigenvalue weighted by atomic mass is 32.2. The van der Waals surface area contributed by atoms with Crippen LogP contribution in [0.5, 0.6) is 5.75 Å². The van der Waals surface area contributed by atoms with E-state index in [0.717, 1.165) is 21.0 Å².